The molecule has 2 aliphatic rings. The first-order valence-corrected chi connectivity index (χ1v) is 8.50. The van der Waals surface area contributed by atoms with E-state index >= 15 is 0 Å². The van der Waals surface area contributed by atoms with E-state index < -0.39 is 0 Å². The van der Waals surface area contributed by atoms with E-state index in [0.29, 0.717) is 11.3 Å². The Morgan fingerprint density at radius 2 is 2.37 bits per heavy atom. The number of hydrogen-bond donors (Lipinski definition) is 1. The van der Waals surface area contributed by atoms with E-state index in [4.69, 9.17) is 4.52 Å². The van der Waals surface area contributed by atoms with E-state index in [9.17, 15) is 0 Å². The molecule has 1 saturated carbocycles. The fourth-order valence-corrected chi connectivity index (χ4v) is 4.03. The highest BCUT2D eigenvalue weighted by molar-refractivity contribution is 7.99. The van der Waals surface area contributed by atoms with E-state index in [1.54, 1.807) is 0 Å². The summed E-state index contributed by atoms with van der Waals surface area (Å²) in [5.74, 6) is 4.07. The van der Waals surface area contributed by atoms with Gasteiger partial charge >= 0.3 is 0 Å². The lowest BCUT2D eigenvalue weighted by Crippen LogP contribution is -2.18. The minimum absolute atomic E-state index is 0.308. The molecule has 106 valence electrons. The average molecular weight is 281 g/mol. The van der Waals surface area contributed by atoms with E-state index in [1.165, 1.54) is 25.7 Å². The van der Waals surface area contributed by atoms with Gasteiger partial charge in [0.1, 0.15) is 0 Å². The normalized spacial score (nSPS) is 31.6. The fourth-order valence-electron chi connectivity index (χ4n) is 3.25. The van der Waals surface area contributed by atoms with Gasteiger partial charge in [-0.2, -0.15) is 16.7 Å². The third-order valence-electron chi connectivity index (χ3n) is 4.57. The van der Waals surface area contributed by atoms with Gasteiger partial charge in [0.05, 0.1) is 11.8 Å². The second-order valence-electron chi connectivity index (χ2n) is 5.82. The van der Waals surface area contributed by atoms with Crippen molar-refractivity contribution in [3.63, 3.8) is 0 Å². The summed E-state index contributed by atoms with van der Waals surface area (Å²) in [5.41, 5.74) is 0. The van der Waals surface area contributed by atoms with Crippen LogP contribution < -0.4 is 5.32 Å². The maximum Gasteiger partial charge on any atom is 0.244 e. The van der Waals surface area contributed by atoms with Gasteiger partial charge in [0.15, 0.2) is 5.82 Å². The molecule has 1 aliphatic heterocycles. The molecule has 4 unspecified atom stereocenters. The van der Waals surface area contributed by atoms with Crippen LogP contribution in [0, 0.1) is 11.8 Å². The van der Waals surface area contributed by atoms with Crippen molar-refractivity contribution in [1.29, 1.82) is 0 Å². The SMILES string of the molecule is CCC(C)SCc1noc(C2NCC3CCCC32)n1. The highest BCUT2D eigenvalue weighted by atomic mass is 32.2. The van der Waals surface area contributed by atoms with Gasteiger partial charge < -0.3 is 9.84 Å². The fraction of sp³-hybridized carbons (Fsp3) is 0.857. The molecule has 4 nitrogen and oxygen atoms in total. The summed E-state index contributed by atoms with van der Waals surface area (Å²) < 4.78 is 5.49. The molecule has 0 spiro atoms. The molecule has 5 heteroatoms. The highest BCUT2D eigenvalue weighted by Gasteiger charge is 2.42. The van der Waals surface area contributed by atoms with Gasteiger partial charge in [-0.3, -0.25) is 0 Å². The lowest BCUT2D eigenvalue weighted by atomic mass is 9.94. The first-order valence-electron chi connectivity index (χ1n) is 7.45. The lowest BCUT2D eigenvalue weighted by molar-refractivity contribution is 0.301. The number of rotatable bonds is 5. The standard InChI is InChI=1S/C14H23N3OS/c1-3-9(2)19-8-12-16-14(18-17-12)13-11-6-4-5-10(11)7-15-13/h9-11,13,15H,3-8H2,1-2H3. The number of aromatic nitrogens is 2. The van der Waals surface area contributed by atoms with Crippen LogP contribution in [0.1, 0.15) is 57.3 Å². The molecule has 19 heavy (non-hydrogen) atoms. The van der Waals surface area contributed by atoms with E-state index in [2.05, 4.69) is 29.3 Å². The average Bonchev–Trinajstić information content (AvgIpc) is 3.10. The Morgan fingerprint density at radius 3 is 3.21 bits per heavy atom. The van der Waals surface area contributed by atoms with Crippen molar-refractivity contribution in [2.45, 2.75) is 56.6 Å². The van der Waals surface area contributed by atoms with Gasteiger partial charge in [-0.25, -0.2) is 0 Å². The Balaban J connectivity index is 1.61. The molecular formula is C14H23N3OS. The zero-order valence-corrected chi connectivity index (χ0v) is 12.6. The molecule has 0 bridgehead atoms. The van der Waals surface area contributed by atoms with Crippen LogP contribution in [0.3, 0.4) is 0 Å². The maximum absolute atomic E-state index is 5.49. The van der Waals surface area contributed by atoms with E-state index in [-0.39, 0.29) is 0 Å². The quantitative estimate of drug-likeness (QED) is 0.898. The van der Waals surface area contributed by atoms with Gasteiger partial charge in [0.2, 0.25) is 5.89 Å². The minimum atomic E-state index is 0.308. The van der Waals surface area contributed by atoms with Crippen LogP contribution in [0.15, 0.2) is 4.52 Å². The van der Waals surface area contributed by atoms with Crippen LogP contribution in [0.25, 0.3) is 0 Å². The smallest absolute Gasteiger partial charge is 0.244 e. The van der Waals surface area contributed by atoms with Crippen molar-refractivity contribution < 1.29 is 4.52 Å². The zero-order valence-electron chi connectivity index (χ0n) is 11.8. The molecule has 0 amide bonds. The third kappa shape index (κ3) is 2.82. The third-order valence-corrected chi connectivity index (χ3v) is 5.89. The molecule has 1 aliphatic carbocycles. The molecule has 1 aromatic rings. The van der Waals surface area contributed by atoms with Crippen LogP contribution >= 0.6 is 11.8 Å². The predicted octanol–water partition coefficient (Wildman–Crippen LogP) is 3.16. The molecule has 2 fully saturated rings. The predicted molar refractivity (Wildman–Crippen MR) is 76.9 cm³/mol. The van der Waals surface area contributed by atoms with Crippen molar-refractivity contribution in [2.75, 3.05) is 6.54 Å². The number of nitrogens with zero attached hydrogens (tertiary/aromatic N) is 2. The summed E-state index contributed by atoms with van der Waals surface area (Å²) in [6.45, 7) is 5.57. The molecule has 0 aromatic carbocycles. The largest absolute Gasteiger partial charge is 0.338 e. The summed E-state index contributed by atoms with van der Waals surface area (Å²) in [7, 11) is 0. The summed E-state index contributed by atoms with van der Waals surface area (Å²) in [6, 6.07) is 0.308. The Labute approximate surface area is 119 Å². The molecule has 1 saturated heterocycles. The molecule has 1 N–H and O–H groups in total. The second-order valence-corrected chi connectivity index (χ2v) is 7.25. The first-order chi connectivity index (χ1) is 9.28. The van der Waals surface area contributed by atoms with Crippen LogP contribution in [-0.2, 0) is 5.75 Å². The number of hydrogen-bond acceptors (Lipinski definition) is 5. The first kappa shape index (κ1) is 13.4. The van der Waals surface area contributed by atoms with Gasteiger partial charge in [0.25, 0.3) is 0 Å². The monoisotopic (exact) mass is 281 g/mol. The van der Waals surface area contributed by atoms with E-state index in [1.807, 2.05) is 11.8 Å². The molecule has 2 heterocycles. The Bertz CT molecular complexity index is 423. The highest BCUT2D eigenvalue weighted by Crippen LogP contribution is 2.43. The van der Waals surface area contributed by atoms with Crippen LogP contribution in [-0.4, -0.2) is 21.9 Å². The summed E-state index contributed by atoms with van der Waals surface area (Å²) in [4.78, 5) is 4.60. The Hall–Kier alpha value is -0.550. The van der Waals surface area contributed by atoms with Crippen molar-refractivity contribution >= 4 is 11.8 Å². The van der Waals surface area contributed by atoms with Gasteiger partial charge in [-0.1, -0.05) is 25.4 Å². The zero-order chi connectivity index (χ0) is 13.2. The van der Waals surface area contributed by atoms with Crippen LogP contribution in [0.4, 0.5) is 0 Å². The molecule has 1 aromatic heterocycles. The van der Waals surface area contributed by atoms with Crippen LogP contribution in [0.5, 0.6) is 0 Å². The summed E-state index contributed by atoms with van der Waals surface area (Å²) >= 11 is 1.90. The molecule has 4 atom stereocenters. The maximum atomic E-state index is 5.49. The number of nitrogens with one attached hydrogen (secondary N) is 1. The van der Waals surface area contributed by atoms with E-state index in [0.717, 1.165) is 35.8 Å². The van der Waals surface area contributed by atoms with Crippen molar-refractivity contribution in [3.8, 4) is 0 Å². The summed E-state index contributed by atoms with van der Waals surface area (Å²) in [5, 5.41) is 8.35. The lowest BCUT2D eigenvalue weighted by Gasteiger charge is -2.13. The molecule has 0 radical (unpaired) electrons. The number of thioether (sulfide) groups is 1. The van der Waals surface area contributed by atoms with Crippen molar-refractivity contribution in [3.05, 3.63) is 11.7 Å². The van der Waals surface area contributed by atoms with Crippen LogP contribution in [0.2, 0.25) is 0 Å². The minimum Gasteiger partial charge on any atom is -0.338 e. The molecular weight excluding hydrogens is 258 g/mol. The van der Waals surface area contributed by atoms with Gasteiger partial charge in [-0.15, -0.1) is 0 Å². The van der Waals surface area contributed by atoms with Gasteiger partial charge in [-0.05, 0) is 37.6 Å². The number of fused-ring (bicyclic) bond motifs is 1. The topological polar surface area (TPSA) is 51.0 Å². The van der Waals surface area contributed by atoms with Gasteiger partial charge in [0, 0.05) is 5.25 Å². The summed E-state index contributed by atoms with van der Waals surface area (Å²) in [6.07, 6.45) is 5.21. The Kier molecular flexibility index (Phi) is 4.12. The van der Waals surface area contributed by atoms with Crippen molar-refractivity contribution in [1.82, 2.24) is 15.5 Å². The Morgan fingerprint density at radius 1 is 1.47 bits per heavy atom. The molecule has 3 rings (SSSR count). The van der Waals surface area contributed by atoms with Crippen molar-refractivity contribution in [2.24, 2.45) is 11.8 Å². The second kappa shape index (κ2) is 5.83.